The van der Waals surface area contributed by atoms with E-state index in [4.69, 9.17) is 16.3 Å². The number of nitrogens with zero attached hydrogens (tertiary/aromatic N) is 5. The third kappa shape index (κ3) is 3.93. The lowest BCUT2D eigenvalue weighted by molar-refractivity contribution is 0.122. The summed E-state index contributed by atoms with van der Waals surface area (Å²) >= 11 is 6.04. The molecule has 0 aliphatic carbocycles. The molecule has 0 radical (unpaired) electrons. The maximum atomic E-state index is 6.04. The highest BCUT2D eigenvalue weighted by atomic mass is 35.5. The molecule has 0 saturated carbocycles. The topological polar surface area (TPSA) is 54.4 Å². The van der Waals surface area contributed by atoms with Crippen LogP contribution in [0.15, 0.2) is 0 Å². The van der Waals surface area contributed by atoms with Crippen molar-refractivity contribution in [2.75, 3.05) is 49.7 Å². The molecule has 112 valence electrons. The van der Waals surface area contributed by atoms with E-state index in [2.05, 4.69) is 33.7 Å². The Bertz CT molecular complexity index is 439. The van der Waals surface area contributed by atoms with Crippen LogP contribution < -0.4 is 9.80 Å². The molecule has 0 bridgehead atoms. The third-order valence-corrected chi connectivity index (χ3v) is 3.67. The van der Waals surface area contributed by atoms with Gasteiger partial charge in [-0.2, -0.15) is 15.0 Å². The highest BCUT2D eigenvalue weighted by Crippen LogP contribution is 2.18. The van der Waals surface area contributed by atoms with Crippen molar-refractivity contribution in [3.05, 3.63) is 5.28 Å². The Morgan fingerprint density at radius 1 is 1.30 bits per heavy atom. The number of halogens is 1. The zero-order valence-corrected chi connectivity index (χ0v) is 13.1. The Morgan fingerprint density at radius 3 is 2.65 bits per heavy atom. The molecule has 1 aromatic rings. The maximum Gasteiger partial charge on any atom is 0.231 e. The summed E-state index contributed by atoms with van der Waals surface area (Å²) in [6.07, 6.45) is 1.12. The van der Waals surface area contributed by atoms with Gasteiger partial charge in [-0.1, -0.05) is 20.3 Å². The van der Waals surface area contributed by atoms with E-state index < -0.39 is 0 Å². The summed E-state index contributed by atoms with van der Waals surface area (Å²) in [6, 6.07) is 0. The fourth-order valence-electron chi connectivity index (χ4n) is 2.08. The van der Waals surface area contributed by atoms with E-state index in [1.54, 1.807) is 0 Å². The molecule has 0 N–H and O–H groups in total. The first-order chi connectivity index (χ1) is 9.60. The molecular formula is C13H22ClN5O. The fourth-order valence-corrected chi connectivity index (χ4v) is 2.23. The van der Waals surface area contributed by atoms with Crippen molar-refractivity contribution >= 4 is 23.5 Å². The van der Waals surface area contributed by atoms with Crippen molar-refractivity contribution in [3.8, 4) is 0 Å². The molecule has 1 saturated heterocycles. The summed E-state index contributed by atoms with van der Waals surface area (Å²) in [5, 5.41) is 0.243. The lowest BCUT2D eigenvalue weighted by Gasteiger charge is -2.28. The number of hydrogen-bond donors (Lipinski definition) is 0. The zero-order chi connectivity index (χ0) is 14.5. The predicted octanol–water partition coefficient (Wildman–Crippen LogP) is 1.84. The Labute approximate surface area is 125 Å². The van der Waals surface area contributed by atoms with E-state index in [0.29, 0.717) is 31.0 Å². The molecule has 1 aromatic heterocycles. The highest BCUT2D eigenvalue weighted by molar-refractivity contribution is 6.28. The summed E-state index contributed by atoms with van der Waals surface area (Å²) < 4.78 is 5.34. The number of ether oxygens (including phenoxy) is 1. The van der Waals surface area contributed by atoms with Crippen LogP contribution in [0.4, 0.5) is 11.9 Å². The van der Waals surface area contributed by atoms with Gasteiger partial charge in [0, 0.05) is 26.7 Å². The largest absolute Gasteiger partial charge is 0.378 e. The Hall–Kier alpha value is -1.14. The minimum Gasteiger partial charge on any atom is -0.378 e. The lowest BCUT2D eigenvalue weighted by Crippen LogP contribution is -2.38. The number of rotatable bonds is 5. The Balaban J connectivity index is 2.15. The summed E-state index contributed by atoms with van der Waals surface area (Å²) in [5.74, 6) is 1.86. The molecule has 1 aliphatic heterocycles. The number of hydrogen-bond acceptors (Lipinski definition) is 6. The van der Waals surface area contributed by atoms with Crippen LogP contribution in [0.3, 0.4) is 0 Å². The summed E-state index contributed by atoms with van der Waals surface area (Å²) in [4.78, 5) is 17.1. The van der Waals surface area contributed by atoms with Crippen LogP contribution in [0.1, 0.15) is 20.3 Å². The number of anilines is 2. The van der Waals surface area contributed by atoms with Gasteiger partial charge in [0.05, 0.1) is 13.2 Å². The van der Waals surface area contributed by atoms with E-state index >= 15 is 0 Å². The first kappa shape index (κ1) is 15.3. The van der Waals surface area contributed by atoms with Gasteiger partial charge in [0.1, 0.15) is 0 Å². The van der Waals surface area contributed by atoms with Gasteiger partial charge in [0.15, 0.2) is 0 Å². The molecule has 0 aromatic carbocycles. The number of aromatic nitrogens is 3. The van der Waals surface area contributed by atoms with Crippen LogP contribution in [0.5, 0.6) is 0 Å². The van der Waals surface area contributed by atoms with Gasteiger partial charge in [-0.3, -0.25) is 0 Å². The highest BCUT2D eigenvalue weighted by Gasteiger charge is 2.17. The second kappa shape index (κ2) is 7.04. The summed E-state index contributed by atoms with van der Waals surface area (Å²) in [6.45, 7) is 8.26. The average Bonchev–Trinajstić information content (AvgIpc) is 2.47. The van der Waals surface area contributed by atoms with Crippen molar-refractivity contribution in [2.45, 2.75) is 20.3 Å². The van der Waals surface area contributed by atoms with E-state index in [9.17, 15) is 0 Å². The molecule has 0 spiro atoms. The van der Waals surface area contributed by atoms with Gasteiger partial charge in [-0.05, 0) is 17.5 Å². The Kier molecular flexibility index (Phi) is 5.37. The van der Waals surface area contributed by atoms with Crippen molar-refractivity contribution in [3.63, 3.8) is 0 Å². The van der Waals surface area contributed by atoms with Crippen LogP contribution in [0.25, 0.3) is 0 Å². The van der Waals surface area contributed by atoms with E-state index in [-0.39, 0.29) is 5.28 Å². The molecule has 1 unspecified atom stereocenters. The van der Waals surface area contributed by atoms with Crippen LogP contribution in [0.2, 0.25) is 5.28 Å². The second-order valence-electron chi connectivity index (χ2n) is 5.20. The van der Waals surface area contributed by atoms with E-state index in [0.717, 1.165) is 26.1 Å². The lowest BCUT2D eigenvalue weighted by atomic mass is 10.1. The molecule has 1 aliphatic rings. The predicted molar refractivity (Wildman–Crippen MR) is 80.6 cm³/mol. The van der Waals surface area contributed by atoms with Gasteiger partial charge in [-0.25, -0.2) is 0 Å². The van der Waals surface area contributed by atoms with Crippen molar-refractivity contribution < 1.29 is 4.74 Å². The molecule has 2 heterocycles. The number of morpholine rings is 1. The SMILES string of the molecule is CCC(C)CN(C)c1nc(Cl)nc(N2CCOCC2)n1. The molecule has 7 heteroatoms. The third-order valence-electron chi connectivity index (χ3n) is 3.50. The van der Waals surface area contributed by atoms with Crippen molar-refractivity contribution in [1.82, 2.24) is 15.0 Å². The molecular weight excluding hydrogens is 278 g/mol. The van der Waals surface area contributed by atoms with Gasteiger partial charge in [0.25, 0.3) is 0 Å². The fraction of sp³-hybridized carbons (Fsp3) is 0.769. The summed E-state index contributed by atoms with van der Waals surface area (Å²) in [5.41, 5.74) is 0. The molecule has 0 amide bonds. The molecule has 2 rings (SSSR count). The van der Waals surface area contributed by atoms with Gasteiger partial charge >= 0.3 is 0 Å². The van der Waals surface area contributed by atoms with Crippen LogP contribution in [-0.2, 0) is 4.74 Å². The first-order valence-electron chi connectivity index (χ1n) is 7.05. The molecule has 20 heavy (non-hydrogen) atoms. The van der Waals surface area contributed by atoms with Crippen LogP contribution >= 0.6 is 11.6 Å². The van der Waals surface area contributed by atoms with Crippen molar-refractivity contribution in [2.24, 2.45) is 5.92 Å². The quantitative estimate of drug-likeness (QED) is 0.827. The smallest absolute Gasteiger partial charge is 0.231 e. The molecule has 1 fully saturated rings. The van der Waals surface area contributed by atoms with E-state index in [1.165, 1.54) is 0 Å². The Morgan fingerprint density at radius 2 is 2.00 bits per heavy atom. The van der Waals surface area contributed by atoms with Gasteiger partial charge in [0.2, 0.25) is 17.2 Å². The zero-order valence-electron chi connectivity index (χ0n) is 12.3. The molecule has 1 atom stereocenters. The summed E-state index contributed by atoms with van der Waals surface area (Å²) in [7, 11) is 1.99. The normalized spacial score (nSPS) is 17.1. The van der Waals surface area contributed by atoms with Crippen LogP contribution in [0, 0.1) is 5.92 Å². The van der Waals surface area contributed by atoms with Crippen molar-refractivity contribution in [1.29, 1.82) is 0 Å². The standard InChI is InChI=1S/C13H22ClN5O/c1-4-10(2)9-18(3)12-15-11(14)16-13(17-12)19-5-7-20-8-6-19/h10H,4-9H2,1-3H3. The van der Waals surface area contributed by atoms with Crippen LogP contribution in [-0.4, -0.2) is 54.8 Å². The van der Waals surface area contributed by atoms with Gasteiger partial charge in [-0.15, -0.1) is 0 Å². The first-order valence-corrected chi connectivity index (χ1v) is 7.43. The minimum atomic E-state index is 0.243. The van der Waals surface area contributed by atoms with Gasteiger partial charge < -0.3 is 14.5 Å². The average molecular weight is 300 g/mol. The molecule has 6 nitrogen and oxygen atoms in total. The monoisotopic (exact) mass is 299 g/mol. The van der Waals surface area contributed by atoms with E-state index in [1.807, 2.05) is 11.9 Å². The minimum absolute atomic E-state index is 0.243. The second-order valence-corrected chi connectivity index (χ2v) is 5.54. The maximum absolute atomic E-state index is 6.04.